The first-order valence-electron chi connectivity index (χ1n) is 4.98. The molecule has 1 atom stereocenters. The van der Waals surface area contributed by atoms with Gasteiger partial charge < -0.3 is 10.6 Å². The number of rotatable bonds is 3. The Morgan fingerprint density at radius 2 is 2.64 bits per heavy atom. The van der Waals surface area contributed by atoms with Crippen LogP contribution in [0.2, 0.25) is 0 Å². The van der Waals surface area contributed by atoms with Crippen LogP contribution in [0.5, 0.6) is 0 Å². The van der Waals surface area contributed by atoms with E-state index in [0.717, 1.165) is 25.5 Å². The normalized spacial score (nSPS) is 17.4. The molecular weight excluding hydrogens is 194 g/mol. The van der Waals surface area contributed by atoms with Crippen LogP contribution < -0.4 is 10.6 Å². The summed E-state index contributed by atoms with van der Waals surface area (Å²) in [5, 5.41) is 8.76. The van der Waals surface area contributed by atoms with Crippen molar-refractivity contribution in [3.63, 3.8) is 0 Å². The lowest BCUT2D eigenvalue weighted by atomic mass is 10.2. The van der Waals surface area contributed by atoms with Crippen molar-refractivity contribution in [1.29, 1.82) is 0 Å². The summed E-state index contributed by atoms with van der Waals surface area (Å²) in [6, 6.07) is 4.66. The molecule has 0 radical (unpaired) electrons. The minimum Gasteiger partial charge on any atom is -0.355 e. The Bertz CT molecular complexity index is 305. The maximum absolute atomic E-state index is 4.33. The van der Waals surface area contributed by atoms with Crippen molar-refractivity contribution in [2.45, 2.75) is 19.4 Å². The van der Waals surface area contributed by atoms with Crippen molar-refractivity contribution in [3.8, 4) is 0 Å². The molecule has 0 saturated carbocycles. The molecule has 0 saturated heterocycles. The van der Waals surface area contributed by atoms with E-state index in [4.69, 9.17) is 0 Å². The highest BCUT2D eigenvalue weighted by molar-refractivity contribution is 7.10. The molecule has 1 aromatic rings. The minimum absolute atomic E-state index is 0.402. The Balaban J connectivity index is 2.00. The van der Waals surface area contributed by atoms with E-state index >= 15 is 0 Å². The van der Waals surface area contributed by atoms with Crippen LogP contribution in [-0.2, 0) is 0 Å². The minimum atomic E-state index is 0.402. The number of nitrogens with zero attached hydrogens (tertiary/aromatic N) is 1. The lowest BCUT2D eigenvalue weighted by Gasteiger charge is -2.16. The van der Waals surface area contributed by atoms with Gasteiger partial charge in [-0.25, -0.2) is 0 Å². The third kappa shape index (κ3) is 2.07. The number of aliphatic imine (C=N–C) groups is 1. The van der Waals surface area contributed by atoms with Gasteiger partial charge in [-0.15, -0.1) is 11.3 Å². The van der Waals surface area contributed by atoms with Gasteiger partial charge in [-0.2, -0.15) is 0 Å². The second-order valence-corrected chi connectivity index (χ2v) is 4.26. The van der Waals surface area contributed by atoms with Crippen LogP contribution in [0.1, 0.15) is 24.3 Å². The van der Waals surface area contributed by atoms with Crippen LogP contribution in [0.15, 0.2) is 22.5 Å². The van der Waals surface area contributed by atoms with Crippen molar-refractivity contribution in [2.75, 3.05) is 13.1 Å². The van der Waals surface area contributed by atoms with E-state index in [-0.39, 0.29) is 0 Å². The predicted octanol–water partition coefficient (Wildman–Crippen LogP) is 1.75. The summed E-state index contributed by atoms with van der Waals surface area (Å²) in [6.45, 7) is 4.04. The lowest BCUT2D eigenvalue weighted by molar-refractivity contribution is 0.627. The average Bonchev–Trinajstić information content (AvgIpc) is 2.86. The molecule has 14 heavy (non-hydrogen) atoms. The molecule has 2 rings (SSSR count). The number of hydrogen-bond donors (Lipinski definition) is 2. The van der Waals surface area contributed by atoms with Gasteiger partial charge in [-0.05, 0) is 17.9 Å². The fraction of sp³-hybridized carbons (Fsp3) is 0.500. The molecule has 1 unspecified atom stereocenters. The first-order valence-corrected chi connectivity index (χ1v) is 5.86. The zero-order chi connectivity index (χ0) is 9.80. The topological polar surface area (TPSA) is 36.4 Å². The summed E-state index contributed by atoms with van der Waals surface area (Å²) in [5.41, 5.74) is 0. The Morgan fingerprint density at radius 3 is 3.21 bits per heavy atom. The van der Waals surface area contributed by atoms with Crippen LogP contribution in [0, 0.1) is 0 Å². The van der Waals surface area contributed by atoms with Crippen molar-refractivity contribution in [3.05, 3.63) is 22.4 Å². The van der Waals surface area contributed by atoms with Crippen LogP contribution in [-0.4, -0.2) is 19.0 Å². The zero-order valence-electron chi connectivity index (χ0n) is 8.29. The average molecular weight is 209 g/mol. The number of nitrogens with one attached hydrogen (secondary N) is 2. The van der Waals surface area contributed by atoms with Crippen molar-refractivity contribution < 1.29 is 0 Å². The summed E-state index contributed by atoms with van der Waals surface area (Å²) in [6.07, 6.45) is 1.08. The van der Waals surface area contributed by atoms with E-state index in [9.17, 15) is 0 Å². The van der Waals surface area contributed by atoms with E-state index < -0.39 is 0 Å². The van der Waals surface area contributed by atoms with E-state index in [1.165, 1.54) is 4.88 Å². The smallest absolute Gasteiger partial charge is 0.191 e. The first kappa shape index (κ1) is 9.52. The highest BCUT2D eigenvalue weighted by atomic mass is 32.1. The molecule has 2 N–H and O–H groups in total. The highest BCUT2D eigenvalue weighted by Crippen LogP contribution is 2.21. The van der Waals surface area contributed by atoms with E-state index in [1.807, 2.05) is 0 Å². The zero-order valence-corrected chi connectivity index (χ0v) is 9.10. The maximum Gasteiger partial charge on any atom is 0.191 e. The van der Waals surface area contributed by atoms with Gasteiger partial charge in [0.2, 0.25) is 0 Å². The second-order valence-electron chi connectivity index (χ2n) is 3.28. The Kier molecular flexibility index (Phi) is 3.03. The molecule has 0 fully saturated rings. The van der Waals surface area contributed by atoms with Gasteiger partial charge in [-0.1, -0.05) is 13.0 Å². The standard InChI is InChI=1S/C10H15N3S/c1-2-8(9-4-3-7-14-9)13-10-11-5-6-12-10/h3-4,7-8H,2,5-6H2,1H3,(H2,11,12,13). The molecule has 1 aliphatic rings. The largest absolute Gasteiger partial charge is 0.355 e. The summed E-state index contributed by atoms with van der Waals surface area (Å²) < 4.78 is 0. The van der Waals surface area contributed by atoms with E-state index in [0.29, 0.717) is 6.04 Å². The molecule has 0 aliphatic carbocycles. The molecular formula is C10H15N3S. The third-order valence-corrected chi connectivity index (χ3v) is 3.27. The predicted molar refractivity (Wildman–Crippen MR) is 60.8 cm³/mol. The van der Waals surface area contributed by atoms with Crippen LogP contribution in [0.4, 0.5) is 0 Å². The molecule has 0 aromatic carbocycles. The Hall–Kier alpha value is -1.03. The second kappa shape index (κ2) is 4.46. The Morgan fingerprint density at radius 1 is 1.71 bits per heavy atom. The van der Waals surface area contributed by atoms with Gasteiger partial charge in [0, 0.05) is 11.4 Å². The molecule has 0 spiro atoms. The fourth-order valence-corrected chi connectivity index (χ4v) is 2.38. The molecule has 2 heterocycles. The number of hydrogen-bond acceptors (Lipinski definition) is 4. The Labute approximate surface area is 88.3 Å². The third-order valence-electron chi connectivity index (χ3n) is 2.28. The van der Waals surface area contributed by atoms with Crippen molar-refractivity contribution in [1.82, 2.24) is 10.6 Å². The highest BCUT2D eigenvalue weighted by Gasteiger charge is 2.13. The molecule has 76 valence electrons. The van der Waals surface area contributed by atoms with Gasteiger partial charge >= 0.3 is 0 Å². The van der Waals surface area contributed by atoms with Gasteiger partial charge in [0.25, 0.3) is 0 Å². The van der Waals surface area contributed by atoms with Gasteiger partial charge in [0.05, 0.1) is 12.6 Å². The molecule has 0 amide bonds. The molecule has 1 aromatic heterocycles. The van der Waals surface area contributed by atoms with Crippen LogP contribution in [0.3, 0.4) is 0 Å². The van der Waals surface area contributed by atoms with Crippen molar-refractivity contribution in [2.24, 2.45) is 4.99 Å². The summed E-state index contributed by atoms with van der Waals surface area (Å²) >= 11 is 1.79. The van der Waals surface area contributed by atoms with Crippen molar-refractivity contribution >= 4 is 17.3 Å². The van der Waals surface area contributed by atoms with E-state index in [1.54, 1.807) is 11.3 Å². The first-order chi connectivity index (χ1) is 6.90. The van der Waals surface area contributed by atoms with Crippen LogP contribution >= 0.6 is 11.3 Å². The molecule has 0 bridgehead atoms. The van der Waals surface area contributed by atoms with Gasteiger partial charge in [0.15, 0.2) is 5.96 Å². The lowest BCUT2D eigenvalue weighted by Crippen LogP contribution is -2.36. The molecule has 3 nitrogen and oxygen atoms in total. The fourth-order valence-electron chi connectivity index (χ4n) is 1.52. The maximum atomic E-state index is 4.33. The molecule has 4 heteroatoms. The monoisotopic (exact) mass is 209 g/mol. The quantitative estimate of drug-likeness (QED) is 0.795. The molecule has 1 aliphatic heterocycles. The summed E-state index contributed by atoms with van der Waals surface area (Å²) in [5.74, 6) is 0.949. The summed E-state index contributed by atoms with van der Waals surface area (Å²) in [7, 11) is 0. The van der Waals surface area contributed by atoms with Gasteiger partial charge in [-0.3, -0.25) is 4.99 Å². The number of thiophene rings is 1. The number of guanidine groups is 1. The SMILES string of the molecule is CCC(NC1=NCCN1)c1cccs1. The summed E-state index contributed by atoms with van der Waals surface area (Å²) in [4.78, 5) is 5.71. The van der Waals surface area contributed by atoms with Crippen LogP contribution in [0.25, 0.3) is 0 Å². The van der Waals surface area contributed by atoms with E-state index in [2.05, 4.69) is 40.1 Å². The van der Waals surface area contributed by atoms with Gasteiger partial charge in [0.1, 0.15) is 0 Å².